The standard InChI is InChI=1S/C16H30N2S/c1-5-16(6-2)10-17-15(19-11-16)18-14-8-7-12(3)9-13(14)4/h12-14H,5-11H2,1-4H3,(H,17,18). The number of nitrogens with zero attached hydrogens (tertiary/aromatic N) is 1. The van der Waals surface area contributed by atoms with Crippen molar-refractivity contribution in [3.63, 3.8) is 0 Å². The second-order valence-corrected chi connectivity index (χ2v) is 7.73. The molecule has 2 aliphatic rings. The molecule has 3 atom stereocenters. The number of rotatable bonds is 3. The van der Waals surface area contributed by atoms with Crippen LogP contribution in [0.15, 0.2) is 4.99 Å². The highest BCUT2D eigenvalue weighted by Gasteiger charge is 2.32. The topological polar surface area (TPSA) is 24.4 Å². The second-order valence-electron chi connectivity index (χ2n) is 6.76. The summed E-state index contributed by atoms with van der Waals surface area (Å²) in [5, 5.41) is 4.94. The molecule has 0 radical (unpaired) electrons. The maximum Gasteiger partial charge on any atom is 0.156 e. The van der Waals surface area contributed by atoms with Crippen LogP contribution in [0, 0.1) is 17.3 Å². The van der Waals surface area contributed by atoms with Gasteiger partial charge < -0.3 is 5.32 Å². The highest BCUT2D eigenvalue weighted by Crippen LogP contribution is 2.35. The van der Waals surface area contributed by atoms with Gasteiger partial charge in [0.15, 0.2) is 5.17 Å². The minimum absolute atomic E-state index is 0.461. The van der Waals surface area contributed by atoms with Crippen molar-refractivity contribution in [1.82, 2.24) is 5.32 Å². The lowest BCUT2D eigenvalue weighted by molar-refractivity contribution is 0.247. The van der Waals surface area contributed by atoms with E-state index in [0.29, 0.717) is 11.5 Å². The van der Waals surface area contributed by atoms with Crippen LogP contribution < -0.4 is 5.32 Å². The lowest BCUT2D eigenvalue weighted by Crippen LogP contribution is -2.44. The maximum absolute atomic E-state index is 4.84. The predicted octanol–water partition coefficient (Wildman–Crippen LogP) is 4.31. The Balaban J connectivity index is 1.89. The first kappa shape index (κ1) is 15.2. The number of hydrogen-bond donors (Lipinski definition) is 1. The molecule has 2 nitrogen and oxygen atoms in total. The van der Waals surface area contributed by atoms with E-state index in [4.69, 9.17) is 4.99 Å². The summed E-state index contributed by atoms with van der Waals surface area (Å²) >= 11 is 1.95. The number of amidine groups is 1. The van der Waals surface area contributed by atoms with Crippen molar-refractivity contribution in [3.8, 4) is 0 Å². The van der Waals surface area contributed by atoms with Gasteiger partial charge in [0.1, 0.15) is 0 Å². The summed E-state index contributed by atoms with van der Waals surface area (Å²) in [6.07, 6.45) is 6.56. The van der Waals surface area contributed by atoms with Gasteiger partial charge in [-0.2, -0.15) is 0 Å². The van der Waals surface area contributed by atoms with Gasteiger partial charge in [-0.15, -0.1) is 0 Å². The van der Waals surface area contributed by atoms with E-state index < -0.39 is 0 Å². The van der Waals surface area contributed by atoms with Crippen molar-refractivity contribution >= 4 is 16.9 Å². The summed E-state index contributed by atoms with van der Waals surface area (Å²) in [6, 6.07) is 0.651. The lowest BCUT2D eigenvalue weighted by Gasteiger charge is -2.37. The van der Waals surface area contributed by atoms with Gasteiger partial charge in [-0.05, 0) is 49.4 Å². The van der Waals surface area contributed by atoms with Crippen LogP contribution in [0.4, 0.5) is 0 Å². The molecule has 19 heavy (non-hydrogen) atoms. The average Bonchev–Trinajstić information content (AvgIpc) is 2.43. The van der Waals surface area contributed by atoms with Crippen LogP contribution in [0.1, 0.15) is 59.8 Å². The molecule has 0 bridgehead atoms. The smallest absolute Gasteiger partial charge is 0.156 e. The molecular weight excluding hydrogens is 252 g/mol. The monoisotopic (exact) mass is 282 g/mol. The number of aliphatic imine (C=N–C) groups is 1. The van der Waals surface area contributed by atoms with Crippen LogP contribution in [0.5, 0.6) is 0 Å². The molecule has 0 spiro atoms. The Hall–Kier alpha value is -0.180. The molecule has 1 N–H and O–H groups in total. The third kappa shape index (κ3) is 3.68. The van der Waals surface area contributed by atoms with E-state index in [1.54, 1.807) is 0 Å². The molecule has 110 valence electrons. The fourth-order valence-corrected chi connectivity index (χ4v) is 4.69. The molecule has 0 amide bonds. The van der Waals surface area contributed by atoms with Crippen molar-refractivity contribution in [2.45, 2.75) is 65.8 Å². The molecule has 0 aromatic heterocycles. The Morgan fingerprint density at radius 2 is 2.00 bits per heavy atom. The molecule has 1 fully saturated rings. The van der Waals surface area contributed by atoms with E-state index in [0.717, 1.165) is 18.4 Å². The van der Waals surface area contributed by atoms with Crippen molar-refractivity contribution < 1.29 is 0 Å². The van der Waals surface area contributed by atoms with E-state index >= 15 is 0 Å². The van der Waals surface area contributed by atoms with E-state index in [1.165, 1.54) is 43.0 Å². The molecule has 2 rings (SSSR count). The molecule has 0 saturated heterocycles. The fraction of sp³-hybridized carbons (Fsp3) is 0.938. The predicted molar refractivity (Wildman–Crippen MR) is 86.9 cm³/mol. The minimum atomic E-state index is 0.461. The number of hydrogen-bond acceptors (Lipinski definition) is 3. The lowest BCUT2D eigenvalue weighted by atomic mass is 9.80. The summed E-state index contributed by atoms with van der Waals surface area (Å²) < 4.78 is 0. The van der Waals surface area contributed by atoms with Gasteiger partial charge in [0, 0.05) is 18.3 Å². The van der Waals surface area contributed by atoms with Gasteiger partial charge in [0.05, 0.1) is 0 Å². The zero-order valence-corrected chi connectivity index (χ0v) is 13.9. The zero-order chi connectivity index (χ0) is 13.9. The average molecular weight is 282 g/mol. The first-order chi connectivity index (χ1) is 9.08. The van der Waals surface area contributed by atoms with Crippen LogP contribution >= 0.6 is 11.8 Å². The van der Waals surface area contributed by atoms with Gasteiger partial charge in [0.25, 0.3) is 0 Å². The quantitative estimate of drug-likeness (QED) is 0.834. The van der Waals surface area contributed by atoms with Crippen LogP contribution in [0.2, 0.25) is 0 Å². The summed E-state index contributed by atoms with van der Waals surface area (Å²) in [7, 11) is 0. The van der Waals surface area contributed by atoms with Gasteiger partial charge in [-0.3, -0.25) is 4.99 Å². The molecule has 1 aliphatic carbocycles. The minimum Gasteiger partial charge on any atom is -0.362 e. The molecule has 3 unspecified atom stereocenters. The normalized spacial score (nSPS) is 34.7. The van der Waals surface area contributed by atoms with Crippen LogP contribution in [-0.2, 0) is 0 Å². The van der Waals surface area contributed by atoms with E-state index in [1.807, 2.05) is 11.8 Å². The second kappa shape index (κ2) is 6.51. The molecular formula is C16H30N2S. The van der Waals surface area contributed by atoms with Crippen molar-refractivity contribution in [2.24, 2.45) is 22.2 Å². The summed E-state index contributed by atoms with van der Waals surface area (Å²) in [6.45, 7) is 10.4. The molecule has 1 saturated carbocycles. The van der Waals surface area contributed by atoms with Crippen molar-refractivity contribution in [2.75, 3.05) is 12.3 Å². The summed E-state index contributed by atoms with van der Waals surface area (Å²) in [5.41, 5.74) is 0.461. The zero-order valence-electron chi connectivity index (χ0n) is 13.0. The summed E-state index contributed by atoms with van der Waals surface area (Å²) in [5.74, 6) is 2.93. The molecule has 0 aromatic carbocycles. The Morgan fingerprint density at radius 3 is 2.53 bits per heavy atom. The third-order valence-corrected chi connectivity index (χ3v) is 6.59. The van der Waals surface area contributed by atoms with Crippen LogP contribution in [-0.4, -0.2) is 23.5 Å². The molecule has 1 aliphatic heterocycles. The Kier molecular flexibility index (Phi) is 5.22. The molecule has 3 heteroatoms. The first-order valence-electron chi connectivity index (χ1n) is 8.02. The number of thioether (sulfide) groups is 1. The van der Waals surface area contributed by atoms with Crippen LogP contribution in [0.3, 0.4) is 0 Å². The SMILES string of the molecule is CCC1(CC)CN=C(NC2CCC(C)CC2C)SC1. The Bertz CT molecular complexity index is 323. The van der Waals surface area contributed by atoms with E-state index in [-0.39, 0.29) is 0 Å². The van der Waals surface area contributed by atoms with E-state index in [2.05, 4.69) is 33.0 Å². The van der Waals surface area contributed by atoms with Gasteiger partial charge >= 0.3 is 0 Å². The first-order valence-corrected chi connectivity index (χ1v) is 9.01. The Labute approximate surface area is 123 Å². The molecule has 1 heterocycles. The van der Waals surface area contributed by atoms with Gasteiger partial charge in [0.2, 0.25) is 0 Å². The largest absolute Gasteiger partial charge is 0.362 e. The third-order valence-electron chi connectivity index (χ3n) is 5.31. The van der Waals surface area contributed by atoms with Crippen LogP contribution in [0.25, 0.3) is 0 Å². The highest BCUT2D eigenvalue weighted by molar-refractivity contribution is 8.13. The van der Waals surface area contributed by atoms with Crippen molar-refractivity contribution in [3.05, 3.63) is 0 Å². The molecule has 0 aromatic rings. The fourth-order valence-electron chi connectivity index (χ4n) is 3.36. The Morgan fingerprint density at radius 1 is 1.26 bits per heavy atom. The van der Waals surface area contributed by atoms with Crippen molar-refractivity contribution in [1.29, 1.82) is 0 Å². The van der Waals surface area contributed by atoms with Gasteiger partial charge in [-0.1, -0.05) is 39.5 Å². The maximum atomic E-state index is 4.84. The summed E-state index contributed by atoms with van der Waals surface area (Å²) in [4.78, 5) is 4.84. The van der Waals surface area contributed by atoms with Gasteiger partial charge in [-0.25, -0.2) is 0 Å². The number of nitrogens with one attached hydrogen (secondary N) is 1. The highest BCUT2D eigenvalue weighted by atomic mass is 32.2. The van der Waals surface area contributed by atoms with E-state index in [9.17, 15) is 0 Å².